The Morgan fingerprint density at radius 2 is 1.96 bits per heavy atom. The first-order valence-corrected chi connectivity index (χ1v) is 8.14. The molecule has 0 atom stereocenters. The van der Waals surface area contributed by atoms with Gasteiger partial charge in [0, 0.05) is 29.7 Å². The minimum absolute atomic E-state index is 0.150. The van der Waals surface area contributed by atoms with E-state index in [9.17, 15) is 4.79 Å². The van der Waals surface area contributed by atoms with Crippen LogP contribution in [0.2, 0.25) is 0 Å². The van der Waals surface area contributed by atoms with Crippen LogP contribution in [0, 0.1) is 13.8 Å². The van der Waals surface area contributed by atoms with Gasteiger partial charge < -0.3 is 9.84 Å². The van der Waals surface area contributed by atoms with Crippen LogP contribution in [-0.4, -0.2) is 35.8 Å². The third-order valence-electron chi connectivity index (χ3n) is 3.78. The highest BCUT2D eigenvalue weighted by Gasteiger charge is 2.15. The Kier molecular flexibility index (Phi) is 4.17. The number of anilines is 1. The van der Waals surface area contributed by atoms with Crippen molar-refractivity contribution in [2.75, 3.05) is 5.32 Å². The van der Waals surface area contributed by atoms with Gasteiger partial charge in [0.1, 0.15) is 0 Å². The Labute approximate surface area is 154 Å². The maximum Gasteiger partial charge on any atom is 0.277 e. The summed E-state index contributed by atoms with van der Waals surface area (Å²) in [5, 5.41) is 10.8. The topological polar surface area (TPSA) is 112 Å². The van der Waals surface area contributed by atoms with Crippen LogP contribution in [0.3, 0.4) is 0 Å². The summed E-state index contributed by atoms with van der Waals surface area (Å²) in [4.78, 5) is 24.9. The second-order valence-corrected chi connectivity index (χ2v) is 5.88. The quantitative estimate of drug-likeness (QED) is 0.594. The van der Waals surface area contributed by atoms with Gasteiger partial charge in [0.05, 0.1) is 23.8 Å². The number of carbonyl (C=O) groups excluding carboxylic acids is 1. The number of aromatic nitrogens is 6. The average molecular weight is 361 g/mol. The Hall–Kier alpha value is -3.88. The second-order valence-electron chi connectivity index (χ2n) is 5.88. The summed E-state index contributed by atoms with van der Waals surface area (Å²) in [6.45, 7) is 3.82. The van der Waals surface area contributed by atoms with Crippen molar-refractivity contribution in [3.63, 3.8) is 0 Å². The third kappa shape index (κ3) is 3.43. The molecule has 27 heavy (non-hydrogen) atoms. The van der Waals surface area contributed by atoms with E-state index in [2.05, 4.69) is 30.5 Å². The van der Waals surface area contributed by atoms with E-state index in [0.717, 1.165) is 17.0 Å². The van der Waals surface area contributed by atoms with Gasteiger partial charge in [-0.3, -0.25) is 9.78 Å². The van der Waals surface area contributed by atoms with E-state index < -0.39 is 5.91 Å². The number of pyridine rings is 1. The minimum Gasteiger partial charge on any atom is -0.355 e. The van der Waals surface area contributed by atoms with Crippen LogP contribution in [0.5, 0.6) is 0 Å². The summed E-state index contributed by atoms with van der Waals surface area (Å²) in [5.74, 6) is 0.472. The minimum atomic E-state index is -0.420. The molecule has 0 aromatic carbocycles. The lowest BCUT2D eigenvalue weighted by molar-refractivity contribution is 0.101. The van der Waals surface area contributed by atoms with E-state index in [1.54, 1.807) is 29.2 Å². The number of hydrogen-bond donors (Lipinski definition) is 1. The number of carbonyl (C=O) groups is 1. The molecule has 9 nitrogen and oxygen atoms in total. The molecule has 0 saturated heterocycles. The molecule has 0 unspecified atom stereocenters. The van der Waals surface area contributed by atoms with E-state index in [0.29, 0.717) is 17.4 Å². The van der Waals surface area contributed by atoms with E-state index in [4.69, 9.17) is 4.52 Å². The molecule has 1 amide bonds. The first-order chi connectivity index (χ1) is 13.1. The van der Waals surface area contributed by atoms with Crippen LogP contribution in [0.4, 0.5) is 5.69 Å². The van der Waals surface area contributed by atoms with Gasteiger partial charge in [-0.25, -0.2) is 14.6 Å². The summed E-state index contributed by atoms with van der Waals surface area (Å²) in [7, 11) is 0. The highest BCUT2D eigenvalue weighted by Crippen LogP contribution is 2.19. The van der Waals surface area contributed by atoms with Crippen molar-refractivity contribution in [1.82, 2.24) is 29.9 Å². The average Bonchev–Trinajstić information content (AvgIpc) is 3.30. The van der Waals surface area contributed by atoms with Crippen molar-refractivity contribution >= 4 is 11.6 Å². The monoisotopic (exact) mass is 361 g/mol. The second kappa shape index (κ2) is 6.79. The highest BCUT2D eigenvalue weighted by atomic mass is 16.5. The molecule has 0 aliphatic heterocycles. The Morgan fingerprint density at radius 3 is 2.63 bits per heavy atom. The fourth-order valence-electron chi connectivity index (χ4n) is 2.55. The van der Waals surface area contributed by atoms with Crippen molar-refractivity contribution in [1.29, 1.82) is 0 Å². The van der Waals surface area contributed by atoms with Gasteiger partial charge in [-0.1, -0.05) is 5.16 Å². The van der Waals surface area contributed by atoms with Crippen LogP contribution < -0.4 is 5.32 Å². The molecule has 134 valence electrons. The number of nitrogens with one attached hydrogen (secondary N) is 1. The largest absolute Gasteiger partial charge is 0.355 e. The highest BCUT2D eigenvalue weighted by molar-refractivity contribution is 6.03. The fourth-order valence-corrected chi connectivity index (χ4v) is 2.55. The van der Waals surface area contributed by atoms with Crippen molar-refractivity contribution in [2.24, 2.45) is 0 Å². The zero-order valence-corrected chi connectivity index (χ0v) is 14.6. The maximum absolute atomic E-state index is 12.3. The van der Waals surface area contributed by atoms with E-state index in [1.165, 1.54) is 12.4 Å². The van der Waals surface area contributed by atoms with Gasteiger partial charge in [-0.15, -0.1) is 0 Å². The molecule has 4 aromatic rings. The van der Waals surface area contributed by atoms with Crippen LogP contribution in [0.15, 0.2) is 53.6 Å². The first kappa shape index (κ1) is 16.6. The molecule has 0 aliphatic rings. The molecule has 0 saturated carbocycles. The third-order valence-corrected chi connectivity index (χ3v) is 3.78. The standard InChI is InChI=1S/C18H15N7O2/c1-11-6-12(2)25(23-11)18-20-9-14(10-21-18)22-17(26)15-7-16(27-24-15)13-4-3-5-19-8-13/h3-10H,1-2H3,(H,22,26). The summed E-state index contributed by atoms with van der Waals surface area (Å²) >= 11 is 0. The van der Waals surface area contributed by atoms with Crippen LogP contribution in [0.25, 0.3) is 17.3 Å². The van der Waals surface area contributed by atoms with Crippen molar-refractivity contribution in [2.45, 2.75) is 13.8 Å². The van der Waals surface area contributed by atoms with E-state index >= 15 is 0 Å². The van der Waals surface area contributed by atoms with Gasteiger partial charge in [0.15, 0.2) is 11.5 Å². The van der Waals surface area contributed by atoms with Crippen molar-refractivity contribution in [3.8, 4) is 17.3 Å². The number of hydrogen-bond acceptors (Lipinski definition) is 7. The molecule has 4 aromatic heterocycles. The lowest BCUT2D eigenvalue weighted by atomic mass is 10.2. The zero-order valence-electron chi connectivity index (χ0n) is 14.6. The summed E-state index contributed by atoms with van der Waals surface area (Å²) in [6.07, 6.45) is 6.31. The SMILES string of the molecule is Cc1cc(C)n(-c2ncc(NC(=O)c3cc(-c4cccnc4)on3)cn2)n1. The van der Waals surface area contributed by atoms with Crippen molar-refractivity contribution < 1.29 is 9.32 Å². The van der Waals surface area contributed by atoms with Crippen LogP contribution in [0.1, 0.15) is 21.9 Å². The van der Waals surface area contributed by atoms with Gasteiger partial charge in [0.2, 0.25) is 0 Å². The smallest absolute Gasteiger partial charge is 0.277 e. The molecule has 4 heterocycles. The van der Waals surface area contributed by atoms with Crippen molar-refractivity contribution in [3.05, 3.63) is 66.1 Å². The maximum atomic E-state index is 12.3. The molecule has 0 bridgehead atoms. The predicted molar refractivity (Wildman–Crippen MR) is 96.3 cm³/mol. The summed E-state index contributed by atoms with van der Waals surface area (Å²) in [5.41, 5.74) is 3.13. The molecule has 1 N–H and O–H groups in total. The Balaban J connectivity index is 1.49. The zero-order chi connectivity index (χ0) is 18.8. The first-order valence-electron chi connectivity index (χ1n) is 8.14. The van der Waals surface area contributed by atoms with Gasteiger partial charge in [-0.05, 0) is 32.0 Å². The van der Waals surface area contributed by atoms with Gasteiger partial charge in [-0.2, -0.15) is 5.10 Å². The molecule has 0 radical (unpaired) electrons. The lowest BCUT2D eigenvalue weighted by Crippen LogP contribution is -2.13. The lowest BCUT2D eigenvalue weighted by Gasteiger charge is -2.04. The molecule has 0 aliphatic carbocycles. The number of rotatable bonds is 4. The van der Waals surface area contributed by atoms with Crippen LogP contribution in [-0.2, 0) is 0 Å². The number of aryl methyl sites for hydroxylation is 2. The van der Waals surface area contributed by atoms with Gasteiger partial charge in [0.25, 0.3) is 11.9 Å². The fraction of sp³-hybridized carbons (Fsp3) is 0.111. The normalized spacial score (nSPS) is 10.7. The van der Waals surface area contributed by atoms with E-state index in [1.807, 2.05) is 26.0 Å². The molecule has 4 rings (SSSR count). The molecular formula is C18H15N7O2. The molecule has 0 spiro atoms. The molecule has 0 fully saturated rings. The Bertz CT molecular complexity index is 1080. The Morgan fingerprint density at radius 1 is 1.15 bits per heavy atom. The van der Waals surface area contributed by atoms with Crippen LogP contribution >= 0.6 is 0 Å². The number of nitrogens with zero attached hydrogens (tertiary/aromatic N) is 6. The predicted octanol–water partition coefficient (Wildman–Crippen LogP) is 2.58. The molecule has 9 heteroatoms. The van der Waals surface area contributed by atoms with Gasteiger partial charge >= 0.3 is 0 Å². The summed E-state index contributed by atoms with van der Waals surface area (Å²) < 4.78 is 6.85. The molecular weight excluding hydrogens is 346 g/mol. The van der Waals surface area contributed by atoms with E-state index in [-0.39, 0.29) is 5.69 Å². The number of amides is 1. The summed E-state index contributed by atoms with van der Waals surface area (Å²) in [6, 6.07) is 7.08.